The van der Waals surface area contributed by atoms with Gasteiger partial charge in [-0.1, -0.05) is 6.07 Å². The number of hydrogen-bond donors (Lipinski definition) is 2. The average molecular weight is 273 g/mol. The molecule has 0 unspecified atom stereocenters. The molecule has 0 aliphatic heterocycles. The minimum atomic E-state index is -0.581. The van der Waals surface area contributed by atoms with Crippen molar-refractivity contribution >= 4 is 17.3 Å². The van der Waals surface area contributed by atoms with Gasteiger partial charge in [-0.25, -0.2) is 0 Å². The minimum Gasteiger partial charge on any atom is -0.329 e. The molecule has 1 aromatic heterocycles. The first-order valence-electron chi connectivity index (χ1n) is 5.72. The lowest BCUT2D eigenvalue weighted by Gasteiger charge is -2.06. The predicted octanol–water partition coefficient (Wildman–Crippen LogP) is 1.84. The Balaban J connectivity index is 2.33. The second-order valence-electron chi connectivity index (χ2n) is 4.17. The van der Waals surface area contributed by atoms with Crippen LogP contribution in [-0.2, 0) is 0 Å². The third-order valence-electron chi connectivity index (χ3n) is 2.64. The molecule has 2 rings (SSSR count). The Morgan fingerprint density at radius 2 is 2.05 bits per heavy atom. The maximum atomic E-state index is 11.9. The number of hydrogen-bond acceptors (Lipinski definition) is 4. The van der Waals surface area contributed by atoms with Crippen LogP contribution in [0.1, 0.15) is 15.9 Å². The molecule has 0 saturated carbocycles. The molecule has 0 saturated heterocycles. The zero-order valence-electron chi connectivity index (χ0n) is 10.5. The number of aromatic amines is 1. The number of anilines is 1. The molecule has 0 fully saturated rings. The van der Waals surface area contributed by atoms with E-state index in [1.54, 1.807) is 13.0 Å². The summed E-state index contributed by atoms with van der Waals surface area (Å²) in [6.07, 6.45) is 1.33. The molecule has 102 valence electrons. The smallest absolute Gasteiger partial charge is 0.293 e. The molecule has 7 nitrogen and oxygen atoms in total. The molecule has 0 radical (unpaired) electrons. The highest BCUT2D eigenvalue weighted by Gasteiger charge is 2.16. The van der Waals surface area contributed by atoms with Gasteiger partial charge < -0.3 is 10.3 Å². The lowest BCUT2D eigenvalue weighted by Crippen LogP contribution is -2.16. The molecule has 1 amide bonds. The van der Waals surface area contributed by atoms with Crippen LogP contribution in [0.5, 0.6) is 0 Å². The molecular formula is C13H11N3O4. The summed E-state index contributed by atoms with van der Waals surface area (Å²) in [6, 6.07) is 7.01. The van der Waals surface area contributed by atoms with Crippen molar-refractivity contribution in [2.45, 2.75) is 6.92 Å². The van der Waals surface area contributed by atoms with Crippen LogP contribution < -0.4 is 10.9 Å². The standard InChI is InChI=1S/C13H11N3O4/c1-8-2-3-10(11(6-8)16(19)20)15-13(18)9-4-5-14-12(17)7-9/h2-7H,1H3,(H,14,17)(H,15,18). The number of nitrogens with zero attached hydrogens (tertiary/aromatic N) is 1. The van der Waals surface area contributed by atoms with Crippen molar-refractivity contribution < 1.29 is 9.72 Å². The molecule has 7 heteroatoms. The number of pyridine rings is 1. The maximum Gasteiger partial charge on any atom is 0.293 e. The van der Waals surface area contributed by atoms with Gasteiger partial charge in [0.15, 0.2) is 0 Å². The van der Waals surface area contributed by atoms with Crippen molar-refractivity contribution in [2.75, 3.05) is 5.32 Å². The van der Waals surface area contributed by atoms with Crippen LogP contribution in [0.25, 0.3) is 0 Å². The summed E-state index contributed by atoms with van der Waals surface area (Å²) in [5.41, 5.74) is 0.319. The first-order chi connectivity index (χ1) is 9.47. The number of aryl methyl sites for hydroxylation is 1. The number of carbonyl (C=O) groups is 1. The molecule has 0 aliphatic rings. The Hall–Kier alpha value is -2.96. The van der Waals surface area contributed by atoms with Gasteiger partial charge in [0, 0.05) is 23.9 Å². The van der Waals surface area contributed by atoms with Crippen LogP contribution in [-0.4, -0.2) is 15.8 Å². The largest absolute Gasteiger partial charge is 0.329 e. The Labute approximate surface area is 113 Å². The zero-order chi connectivity index (χ0) is 14.7. The van der Waals surface area contributed by atoms with Crippen LogP contribution in [0.15, 0.2) is 41.3 Å². The van der Waals surface area contributed by atoms with Gasteiger partial charge in [0.05, 0.1) is 4.92 Å². The van der Waals surface area contributed by atoms with Crippen LogP contribution in [0, 0.1) is 17.0 Å². The van der Waals surface area contributed by atoms with Gasteiger partial charge in [-0.2, -0.15) is 0 Å². The number of carbonyl (C=O) groups excluding carboxylic acids is 1. The third-order valence-corrected chi connectivity index (χ3v) is 2.64. The van der Waals surface area contributed by atoms with E-state index in [-0.39, 0.29) is 16.9 Å². The molecule has 1 aromatic carbocycles. The second-order valence-corrected chi connectivity index (χ2v) is 4.17. The summed E-state index contributed by atoms with van der Waals surface area (Å²) in [5.74, 6) is -0.581. The van der Waals surface area contributed by atoms with Crippen molar-refractivity contribution in [3.05, 3.63) is 68.1 Å². The Morgan fingerprint density at radius 1 is 1.30 bits per heavy atom. The lowest BCUT2D eigenvalue weighted by atomic mass is 10.2. The van der Waals surface area contributed by atoms with E-state index in [0.717, 1.165) is 6.07 Å². The number of amides is 1. The molecule has 20 heavy (non-hydrogen) atoms. The second kappa shape index (κ2) is 5.35. The number of nitro groups is 1. The number of benzene rings is 1. The van der Waals surface area contributed by atoms with E-state index in [2.05, 4.69) is 10.3 Å². The van der Waals surface area contributed by atoms with Gasteiger partial charge in [0.2, 0.25) is 5.56 Å². The van der Waals surface area contributed by atoms with E-state index in [1.807, 2.05) is 0 Å². The fourth-order valence-corrected chi connectivity index (χ4v) is 1.68. The van der Waals surface area contributed by atoms with Crippen molar-refractivity contribution in [1.82, 2.24) is 4.98 Å². The van der Waals surface area contributed by atoms with E-state index in [1.165, 1.54) is 24.4 Å². The first kappa shape index (κ1) is 13.5. The normalized spacial score (nSPS) is 10.1. The number of aromatic nitrogens is 1. The SMILES string of the molecule is Cc1ccc(NC(=O)c2cc[nH]c(=O)c2)c([N+](=O)[O-])c1. The summed E-state index contributed by atoms with van der Waals surface area (Å²) >= 11 is 0. The number of rotatable bonds is 3. The van der Waals surface area contributed by atoms with E-state index in [4.69, 9.17) is 0 Å². The van der Waals surface area contributed by atoms with Gasteiger partial charge in [-0.15, -0.1) is 0 Å². The topological polar surface area (TPSA) is 105 Å². The summed E-state index contributed by atoms with van der Waals surface area (Å²) in [6.45, 7) is 1.72. The number of nitrogens with one attached hydrogen (secondary N) is 2. The van der Waals surface area contributed by atoms with E-state index in [0.29, 0.717) is 5.56 Å². The average Bonchev–Trinajstić information content (AvgIpc) is 2.40. The number of nitro benzene ring substituents is 1. The summed E-state index contributed by atoms with van der Waals surface area (Å²) in [7, 11) is 0. The third kappa shape index (κ3) is 2.89. The van der Waals surface area contributed by atoms with Gasteiger partial charge in [-0.3, -0.25) is 19.7 Å². The molecule has 0 atom stereocenters. The zero-order valence-corrected chi connectivity index (χ0v) is 10.5. The molecule has 0 aliphatic carbocycles. The van der Waals surface area contributed by atoms with Crippen LogP contribution >= 0.6 is 0 Å². The highest BCUT2D eigenvalue weighted by atomic mass is 16.6. The van der Waals surface area contributed by atoms with E-state index < -0.39 is 16.4 Å². The Morgan fingerprint density at radius 3 is 2.70 bits per heavy atom. The van der Waals surface area contributed by atoms with Crippen molar-refractivity contribution in [2.24, 2.45) is 0 Å². The van der Waals surface area contributed by atoms with Gasteiger partial charge in [0.25, 0.3) is 11.6 Å². The van der Waals surface area contributed by atoms with Crippen LogP contribution in [0.3, 0.4) is 0 Å². The molecule has 1 heterocycles. The van der Waals surface area contributed by atoms with Crippen LogP contribution in [0.4, 0.5) is 11.4 Å². The summed E-state index contributed by atoms with van der Waals surface area (Å²) in [5, 5.41) is 13.4. The Kier molecular flexibility index (Phi) is 3.60. The summed E-state index contributed by atoms with van der Waals surface area (Å²) < 4.78 is 0. The van der Waals surface area contributed by atoms with Crippen LogP contribution in [0.2, 0.25) is 0 Å². The Bertz CT molecular complexity index is 736. The van der Waals surface area contributed by atoms with E-state index in [9.17, 15) is 19.7 Å². The maximum absolute atomic E-state index is 11.9. The van der Waals surface area contributed by atoms with Gasteiger partial charge >= 0.3 is 0 Å². The molecule has 0 spiro atoms. The predicted molar refractivity (Wildman–Crippen MR) is 72.8 cm³/mol. The first-order valence-corrected chi connectivity index (χ1v) is 5.72. The molecule has 2 aromatic rings. The van der Waals surface area contributed by atoms with Crippen molar-refractivity contribution in [3.63, 3.8) is 0 Å². The number of H-pyrrole nitrogens is 1. The minimum absolute atomic E-state index is 0.0888. The fraction of sp³-hybridized carbons (Fsp3) is 0.0769. The molecule has 2 N–H and O–H groups in total. The fourth-order valence-electron chi connectivity index (χ4n) is 1.68. The van der Waals surface area contributed by atoms with Crippen molar-refractivity contribution in [1.29, 1.82) is 0 Å². The summed E-state index contributed by atoms with van der Waals surface area (Å²) in [4.78, 5) is 35.8. The lowest BCUT2D eigenvalue weighted by molar-refractivity contribution is -0.384. The van der Waals surface area contributed by atoms with Crippen molar-refractivity contribution in [3.8, 4) is 0 Å². The quantitative estimate of drug-likeness (QED) is 0.657. The van der Waals surface area contributed by atoms with Gasteiger partial charge in [0.1, 0.15) is 5.69 Å². The van der Waals surface area contributed by atoms with Gasteiger partial charge in [-0.05, 0) is 24.6 Å². The van der Waals surface area contributed by atoms with E-state index >= 15 is 0 Å². The highest BCUT2D eigenvalue weighted by molar-refractivity contribution is 6.05. The highest BCUT2D eigenvalue weighted by Crippen LogP contribution is 2.25. The monoisotopic (exact) mass is 273 g/mol. The molecule has 0 bridgehead atoms. The molecular weight excluding hydrogens is 262 g/mol.